The van der Waals surface area contributed by atoms with Crippen LogP contribution in [0, 0.1) is 0 Å². The Morgan fingerprint density at radius 2 is 1.79 bits per heavy atom. The summed E-state index contributed by atoms with van der Waals surface area (Å²) in [5, 5.41) is 0. The van der Waals surface area contributed by atoms with Gasteiger partial charge in [0.15, 0.2) is 0 Å². The minimum absolute atomic E-state index is 0.0364. The molecule has 19 heavy (non-hydrogen) atoms. The zero-order valence-corrected chi connectivity index (χ0v) is 11.1. The molecule has 0 aliphatic heterocycles. The second kappa shape index (κ2) is 7.19. The molecule has 0 heterocycles. The van der Waals surface area contributed by atoms with Crippen molar-refractivity contribution in [3.8, 4) is 0 Å². The zero-order valence-electron chi connectivity index (χ0n) is 11.1. The fourth-order valence-corrected chi connectivity index (χ4v) is 1.95. The summed E-state index contributed by atoms with van der Waals surface area (Å²) in [7, 11) is 1.32. The molecule has 0 saturated carbocycles. The van der Waals surface area contributed by atoms with Gasteiger partial charge in [-0.05, 0) is 12.0 Å². The van der Waals surface area contributed by atoms with E-state index in [1.807, 2.05) is 6.92 Å². The molecule has 1 aromatic rings. The standard InChI is InChI=1S/C14H19F2NO2/c1-3-12(17)11(8-13(18)19-2)9-4-6-10(7-5-9)14(15)16/h4-7,11-12,14H,3,8,17H2,1-2H3. The van der Waals surface area contributed by atoms with E-state index in [4.69, 9.17) is 5.73 Å². The summed E-state index contributed by atoms with van der Waals surface area (Å²) in [6.45, 7) is 1.92. The van der Waals surface area contributed by atoms with Crippen LogP contribution in [0.5, 0.6) is 0 Å². The van der Waals surface area contributed by atoms with Crippen LogP contribution in [-0.4, -0.2) is 19.1 Å². The molecule has 0 saturated heterocycles. The maximum atomic E-state index is 12.5. The Balaban J connectivity index is 2.93. The number of methoxy groups -OCH3 is 1. The molecular formula is C14H19F2NO2. The lowest BCUT2D eigenvalue weighted by Gasteiger charge is -2.22. The first-order chi connectivity index (χ1) is 8.99. The molecule has 0 aliphatic rings. The summed E-state index contributed by atoms with van der Waals surface area (Å²) in [5.41, 5.74) is 6.74. The summed E-state index contributed by atoms with van der Waals surface area (Å²) in [6, 6.07) is 5.73. The van der Waals surface area contributed by atoms with Gasteiger partial charge in [-0.1, -0.05) is 31.2 Å². The van der Waals surface area contributed by atoms with E-state index in [-0.39, 0.29) is 29.9 Å². The van der Waals surface area contributed by atoms with E-state index in [2.05, 4.69) is 4.74 Å². The van der Waals surface area contributed by atoms with Crippen LogP contribution in [0.2, 0.25) is 0 Å². The van der Waals surface area contributed by atoms with Gasteiger partial charge in [-0.25, -0.2) is 8.78 Å². The van der Waals surface area contributed by atoms with Gasteiger partial charge in [-0.2, -0.15) is 0 Å². The van der Waals surface area contributed by atoms with Gasteiger partial charge in [0.05, 0.1) is 13.5 Å². The molecule has 2 atom stereocenters. The molecule has 2 unspecified atom stereocenters. The Labute approximate surface area is 111 Å². The van der Waals surface area contributed by atoms with Crippen LogP contribution in [0.25, 0.3) is 0 Å². The van der Waals surface area contributed by atoms with Crippen molar-refractivity contribution in [3.05, 3.63) is 35.4 Å². The number of carbonyl (C=O) groups is 1. The number of alkyl halides is 2. The highest BCUT2D eigenvalue weighted by Crippen LogP contribution is 2.27. The lowest BCUT2D eigenvalue weighted by Crippen LogP contribution is -2.29. The topological polar surface area (TPSA) is 52.3 Å². The van der Waals surface area contributed by atoms with E-state index in [0.717, 1.165) is 5.56 Å². The van der Waals surface area contributed by atoms with Crippen LogP contribution in [0.3, 0.4) is 0 Å². The van der Waals surface area contributed by atoms with Gasteiger partial charge in [0, 0.05) is 17.5 Å². The maximum absolute atomic E-state index is 12.5. The van der Waals surface area contributed by atoms with Crippen molar-refractivity contribution in [1.29, 1.82) is 0 Å². The summed E-state index contributed by atoms with van der Waals surface area (Å²) in [4.78, 5) is 11.4. The highest BCUT2D eigenvalue weighted by Gasteiger charge is 2.22. The number of hydrogen-bond donors (Lipinski definition) is 1. The molecule has 0 aromatic heterocycles. The summed E-state index contributed by atoms with van der Waals surface area (Å²) in [5.74, 6) is -0.573. The second-order valence-electron chi connectivity index (χ2n) is 4.43. The first-order valence-electron chi connectivity index (χ1n) is 6.20. The molecule has 0 amide bonds. The number of carbonyl (C=O) groups excluding carboxylic acids is 1. The molecular weight excluding hydrogens is 252 g/mol. The Bertz CT molecular complexity index is 406. The van der Waals surface area contributed by atoms with Gasteiger partial charge >= 0.3 is 5.97 Å². The average Bonchev–Trinajstić information content (AvgIpc) is 2.43. The molecule has 0 radical (unpaired) electrons. The molecule has 1 rings (SSSR count). The molecule has 5 heteroatoms. The highest BCUT2D eigenvalue weighted by molar-refractivity contribution is 5.70. The molecule has 106 valence electrons. The van der Waals surface area contributed by atoms with E-state index in [9.17, 15) is 13.6 Å². The predicted molar refractivity (Wildman–Crippen MR) is 69.0 cm³/mol. The lowest BCUT2D eigenvalue weighted by molar-refractivity contribution is -0.141. The van der Waals surface area contributed by atoms with E-state index in [1.165, 1.54) is 19.2 Å². The zero-order chi connectivity index (χ0) is 14.4. The Morgan fingerprint density at radius 3 is 2.21 bits per heavy atom. The lowest BCUT2D eigenvalue weighted by atomic mass is 9.87. The molecule has 0 fully saturated rings. The molecule has 0 spiro atoms. The number of esters is 1. The molecule has 3 nitrogen and oxygen atoms in total. The summed E-state index contributed by atoms with van der Waals surface area (Å²) < 4.78 is 29.6. The number of nitrogens with two attached hydrogens (primary N) is 1. The van der Waals surface area contributed by atoms with Crippen LogP contribution >= 0.6 is 0 Å². The minimum Gasteiger partial charge on any atom is -0.469 e. The third-order valence-electron chi connectivity index (χ3n) is 3.22. The van der Waals surface area contributed by atoms with Crippen molar-refractivity contribution in [1.82, 2.24) is 0 Å². The van der Waals surface area contributed by atoms with E-state index >= 15 is 0 Å². The first kappa shape index (κ1) is 15.6. The highest BCUT2D eigenvalue weighted by atomic mass is 19.3. The summed E-state index contributed by atoms with van der Waals surface area (Å²) >= 11 is 0. The van der Waals surface area contributed by atoms with Crippen molar-refractivity contribution >= 4 is 5.97 Å². The fourth-order valence-electron chi connectivity index (χ4n) is 1.95. The third-order valence-corrected chi connectivity index (χ3v) is 3.22. The van der Waals surface area contributed by atoms with E-state index in [0.29, 0.717) is 6.42 Å². The monoisotopic (exact) mass is 271 g/mol. The van der Waals surface area contributed by atoms with Gasteiger partial charge in [0.2, 0.25) is 0 Å². The van der Waals surface area contributed by atoms with Crippen LogP contribution in [-0.2, 0) is 9.53 Å². The Hall–Kier alpha value is -1.49. The van der Waals surface area contributed by atoms with Crippen molar-refractivity contribution in [2.45, 2.75) is 38.2 Å². The van der Waals surface area contributed by atoms with Gasteiger partial charge in [-0.15, -0.1) is 0 Å². The van der Waals surface area contributed by atoms with E-state index < -0.39 is 6.43 Å². The average molecular weight is 271 g/mol. The van der Waals surface area contributed by atoms with Crippen LogP contribution in [0.1, 0.15) is 43.2 Å². The molecule has 0 aliphatic carbocycles. The van der Waals surface area contributed by atoms with Crippen LogP contribution < -0.4 is 5.73 Å². The predicted octanol–water partition coefficient (Wildman–Crippen LogP) is 3.01. The quantitative estimate of drug-likeness (QED) is 0.809. The number of rotatable bonds is 6. The Kier molecular flexibility index (Phi) is 5.89. The molecule has 0 bridgehead atoms. The normalized spacial score (nSPS) is 14.2. The number of hydrogen-bond acceptors (Lipinski definition) is 3. The van der Waals surface area contributed by atoms with Crippen molar-refractivity contribution in [2.24, 2.45) is 5.73 Å². The minimum atomic E-state index is -2.49. The van der Waals surface area contributed by atoms with Crippen molar-refractivity contribution in [2.75, 3.05) is 7.11 Å². The molecule has 1 aromatic carbocycles. The van der Waals surface area contributed by atoms with Crippen molar-refractivity contribution in [3.63, 3.8) is 0 Å². The second-order valence-corrected chi connectivity index (χ2v) is 4.43. The molecule has 2 N–H and O–H groups in total. The third kappa shape index (κ3) is 4.28. The fraction of sp³-hybridized carbons (Fsp3) is 0.500. The van der Waals surface area contributed by atoms with Gasteiger partial charge in [-0.3, -0.25) is 4.79 Å². The number of benzene rings is 1. The van der Waals surface area contributed by atoms with Crippen LogP contribution in [0.4, 0.5) is 8.78 Å². The van der Waals surface area contributed by atoms with Crippen molar-refractivity contribution < 1.29 is 18.3 Å². The van der Waals surface area contributed by atoms with Gasteiger partial charge in [0.25, 0.3) is 6.43 Å². The van der Waals surface area contributed by atoms with Gasteiger partial charge in [0.1, 0.15) is 0 Å². The van der Waals surface area contributed by atoms with Gasteiger partial charge < -0.3 is 10.5 Å². The van der Waals surface area contributed by atoms with Crippen LogP contribution in [0.15, 0.2) is 24.3 Å². The number of ether oxygens (including phenoxy) is 1. The summed E-state index contributed by atoms with van der Waals surface area (Å²) in [6.07, 6.45) is -1.65. The smallest absolute Gasteiger partial charge is 0.306 e. The largest absolute Gasteiger partial charge is 0.469 e. The maximum Gasteiger partial charge on any atom is 0.306 e. The first-order valence-corrected chi connectivity index (χ1v) is 6.20. The SMILES string of the molecule is CCC(N)C(CC(=O)OC)c1ccc(C(F)F)cc1. The van der Waals surface area contributed by atoms with E-state index in [1.54, 1.807) is 12.1 Å². The Morgan fingerprint density at radius 1 is 1.26 bits per heavy atom. The number of halogens is 2.